The minimum Gasteiger partial charge on any atom is -0.350 e. The van der Waals surface area contributed by atoms with Gasteiger partial charge in [0.15, 0.2) is 11.2 Å². The van der Waals surface area contributed by atoms with E-state index in [2.05, 4.69) is 0 Å². The summed E-state index contributed by atoms with van der Waals surface area (Å²) in [6, 6.07) is 0. The average Bonchev–Trinajstić information content (AvgIpc) is 2.81. The van der Waals surface area contributed by atoms with Crippen LogP contribution in [-0.4, -0.2) is 41.9 Å². The lowest BCUT2D eigenvalue weighted by Crippen LogP contribution is -2.65. The Bertz CT molecular complexity index is 347. The molecule has 2 saturated heterocycles. The largest absolute Gasteiger partial charge is 0.350 e. The first kappa shape index (κ1) is 9.78. The van der Waals surface area contributed by atoms with Gasteiger partial charge in [0.25, 0.3) is 0 Å². The molecule has 0 aromatic carbocycles. The van der Waals surface area contributed by atoms with E-state index in [0.29, 0.717) is 13.2 Å². The molecule has 4 nitrogen and oxygen atoms in total. The van der Waals surface area contributed by atoms with Gasteiger partial charge in [0, 0.05) is 0 Å². The van der Waals surface area contributed by atoms with E-state index >= 15 is 0 Å². The Morgan fingerprint density at radius 1 is 1.47 bits per heavy atom. The van der Waals surface area contributed by atoms with Crippen molar-refractivity contribution in [1.29, 1.82) is 0 Å². The highest BCUT2D eigenvalue weighted by Gasteiger charge is 2.66. The number of fused-ring (bicyclic) bond motifs is 3. The summed E-state index contributed by atoms with van der Waals surface area (Å²) in [6.45, 7) is 2.71. The predicted molar refractivity (Wildman–Crippen MR) is 51.7 cm³/mol. The molecule has 82 valence electrons. The minimum absolute atomic E-state index is 0.190. The van der Waals surface area contributed by atoms with Crippen molar-refractivity contribution >= 4 is 17.4 Å². The fraction of sp³-hybridized carbons (Fsp3) is 0.700. The third kappa shape index (κ3) is 1.00. The fourth-order valence-electron chi connectivity index (χ4n) is 2.41. The maximum atomic E-state index is 11.8. The van der Waals surface area contributed by atoms with E-state index in [1.165, 1.54) is 0 Å². The molecule has 0 aromatic rings. The summed E-state index contributed by atoms with van der Waals surface area (Å²) in [5.41, 5.74) is -0.755. The first-order chi connectivity index (χ1) is 7.09. The van der Waals surface area contributed by atoms with Crippen LogP contribution < -0.4 is 0 Å². The molecule has 3 atom stereocenters. The summed E-state index contributed by atoms with van der Waals surface area (Å²) in [5.74, 6) is -1.33. The van der Waals surface area contributed by atoms with Crippen molar-refractivity contribution in [1.82, 2.24) is 0 Å². The maximum Gasteiger partial charge on any atom is 0.225 e. The summed E-state index contributed by atoms with van der Waals surface area (Å²) in [5, 5.41) is -0.807. The Morgan fingerprint density at radius 3 is 2.80 bits per heavy atom. The van der Waals surface area contributed by atoms with Gasteiger partial charge in [0.1, 0.15) is 11.7 Å². The molecule has 0 saturated carbocycles. The smallest absolute Gasteiger partial charge is 0.225 e. The van der Waals surface area contributed by atoms with Gasteiger partial charge in [-0.05, 0) is 19.1 Å². The molecule has 5 heteroatoms. The molecule has 3 rings (SSSR count). The van der Waals surface area contributed by atoms with Crippen LogP contribution in [0.1, 0.15) is 6.92 Å². The maximum absolute atomic E-state index is 11.8. The highest BCUT2D eigenvalue weighted by atomic mass is 35.5. The Kier molecular flexibility index (Phi) is 1.84. The van der Waals surface area contributed by atoms with Gasteiger partial charge in [-0.2, -0.15) is 0 Å². The highest BCUT2D eigenvalue weighted by Crippen LogP contribution is 2.48. The second-order valence-corrected chi connectivity index (χ2v) is 4.57. The van der Waals surface area contributed by atoms with Crippen molar-refractivity contribution in [3.8, 4) is 0 Å². The van der Waals surface area contributed by atoms with Crippen LogP contribution in [-0.2, 0) is 19.0 Å². The van der Waals surface area contributed by atoms with E-state index in [9.17, 15) is 4.79 Å². The molecule has 0 radical (unpaired) electrons. The number of ketones is 1. The van der Waals surface area contributed by atoms with E-state index in [-0.39, 0.29) is 5.78 Å². The third-order valence-electron chi connectivity index (χ3n) is 3.23. The van der Waals surface area contributed by atoms with Gasteiger partial charge in [0.2, 0.25) is 5.79 Å². The molecule has 15 heavy (non-hydrogen) atoms. The lowest BCUT2D eigenvalue weighted by Gasteiger charge is -2.46. The zero-order valence-corrected chi connectivity index (χ0v) is 8.99. The number of ether oxygens (including phenoxy) is 3. The Hall–Kier alpha value is -0.420. The Morgan fingerprint density at radius 2 is 2.13 bits per heavy atom. The first-order valence-corrected chi connectivity index (χ1v) is 5.36. The van der Waals surface area contributed by atoms with Crippen molar-refractivity contribution < 1.29 is 19.0 Å². The minimum atomic E-state index is -1.14. The Balaban J connectivity index is 2.10. The quantitative estimate of drug-likeness (QED) is 0.452. The summed E-state index contributed by atoms with van der Waals surface area (Å²) >= 11 is 6.13. The highest BCUT2D eigenvalue weighted by molar-refractivity contribution is 6.33. The summed E-state index contributed by atoms with van der Waals surface area (Å²) in [7, 11) is 0. The van der Waals surface area contributed by atoms with E-state index < -0.39 is 22.9 Å². The van der Waals surface area contributed by atoms with Gasteiger partial charge in [-0.15, -0.1) is 11.6 Å². The molecule has 2 fully saturated rings. The summed E-state index contributed by atoms with van der Waals surface area (Å²) < 4.78 is 16.7. The van der Waals surface area contributed by atoms with Crippen LogP contribution in [0.3, 0.4) is 0 Å². The van der Waals surface area contributed by atoms with Crippen molar-refractivity contribution in [3.05, 3.63) is 12.2 Å². The van der Waals surface area contributed by atoms with Gasteiger partial charge in [0.05, 0.1) is 13.2 Å². The van der Waals surface area contributed by atoms with Crippen LogP contribution in [0.4, 0.5) is 0 Å². The number of halogens is 1. The molecule has 0 amide bonds. The number of carbonyl (C=O) groups is 1. The molecule has 0 N–H and O–H groups in total. The monoisotopic (exact) mass is 230 g/mol. The molecule has 0 aromatic heterocycles. The van der Waals surface area contributed by atoms with Crippen LogP contribution in [0.5, 0.6) is 0 Å². The lowest BCUT2D eigenvalue weighted by atomic mass is 9.89. The summed E-state index contributed by atoms with van der Waals surface area (Å²) in [4.78, 5) is 11.8. The second kappa shape index (κ2) is 2.83. The van der Waals surface area contributed by atoms with Crippen LogP contribution in [0.2, 0.25) is 0 Å². The molecule has 3 heterocycles. The van der Waals surface area contributed by atoms with Crippen molar-refractivity contribution in [3.63, 3.8) is 0 Å². The number of alkyl halides is 1. The van der Waals surface area contributed by atoms with E-state index in [0.717, 1.165) is 0 Å². The molecular weight excluding hydrogens is 220 g/mol. The number of rotatable bonds is 0. The second-order valence-electron chi connectivity index (χ2n) is 4.13. The van der Waals surface area contributed by atoms with E-state index in [4.69, 9.17) is 25.8 Å². The van der Waals surface area contributed by atoms with Gasteiger partial charge in [-0.1, -0.05) is 0 Å². The molecular formula is C10H11ClO4. The number of carbonyl (C=O) groups excluding carboxylic acids is 1. The average molecular weight is 231 g/mol. The van der Waals surface area contributed by atoms with Gasteiger partial charge in [-0.25, -0.2) is 0 Å². The van der Waals surface area contributed by atoms with Crippen LogP contribution in [0.25, 0.3) is 0 Å². The summed E-state index contributed by atoms with van der Waals surface area (Å²) in [6.07, 6.45) is 2.98. The van der Waals surface area contributed by atoms with Crippen LogP contribution in [0.15, 0.2) is 12.2 Å². The zero-order chi connectivity index (χ0) is 10.7. The lowest BCUT2D eigenvalue weighted by molar-refractivity contribution is -0.273. The molecule has 3 unspecified atom stereocenters. The van der Waals surface area contributed by atoms with E-state index in [1.54, 1.807) is 6.08 Å². The molecule has 3 aliphatic heterocycles. The van der Waals surface area contributed by atoms with Crippen molar-refractivity contribution in [2.24, 2.45) is 0 Å². The number of hydrogen-bond acceptors (Lipinski definition) is 4. The molecule has 1 spiro atoms. The first-order valence-electron chi connectivity index (χ1n) is 4.92. The van der Waals surface area contributed by atoms with Gasteiger partial charge < -0.3 is 14.2 Å². The molecule has 3 aliphatic rings. The Labute approximate surface area is 92.1 Å². The molecule has 2 bridgehead atoms. The predicted octanol–water partition coefficient (Wildman–Crippen LogP) is 0.633. The van der Waals surface area contributed by atoms with E-state index in [1.807, 2.05) is 13.0 Å². The topological polar surface area (TPSA) is 44.8 Å². The standard InChI is InChI=1S/C10H11ClO4/c1-9-3-2-6(15-9)7(12)8(11)10(9)13-4-5-14-10/h2-3,6,8H,4-5H2,1H3. The number of hydrogen-bond donors (Lipinski definition) is 0. The molecule has 0 aliphatic carbocycles. The third-order valence-corrected chi connectivity index (χ3v) is 3.74. The van der Waals surface area contributed by atoms with Crippen molar-refractivity contribution in [2.75, 3.05) is 13.2 Å². The van der Waals surface area contributed by atoms with Crippen LogP contribution >= 0.6 is 11.6 Å². The van der Waals surface area contributed by atoms with Crippen molar-refractivity contribution in [2.45, 2.75) is 29.8 Å². The fourth-order valence-corrected chi connectivity index (χ4v) is 2.88. The van der Waals surface area contributed by atoms with Gasteiger partial charge in [-0.3, -0.25) is 4.79 Å². The van der Waals surface area contributed by atoms with Gasteiger partial charge >= 0.3 is 0 Å². The SMILES string of the molecule is CC12C=CC(O1)C(=O)C(Cl)C21OCCO1. The normalized spacial score (nSPS) is 46.7. The van der Waals surface area contributed by atoms with Crippen LogP contribution in [0, 0.1) is 0 Å². The number of Topliss-reactive ketones (excluding diaryl/α,β-unsaturated/α-hetero) is 1. The zero-order valence-electron chi connectivity index (χ0n) is 8.23.